The minimum absolute atomic E-state index is 0.147. The number of nitrogens with one attached hydrogen (secondary N) is 1. The fourth-order valence-electron chi connectivity index (χ4n) is 1.42. The lowest BCUT2D eigenvalue weighted by Gasteiger charge is -2.01. The normalized spacial score (nSPS) is 11.7. The maximum absolute atomic E-state index is 12.0. The molecule has 0 aliphatic carbocycles. The Hall–Kier alpha value is -1.49. The van der Waals surface area contributed by atoms with Gasteiger partial charge in [-0.25, -0.2) is 18.1 Å². The number of thiophene rings is 1. The van der Waals surface area contributed by atoms with Gasteiger partial charge in [0.2, 0.25) is 5.89 Å². The van der Waals surface area contributed by atoms with Crippen LogP contribution in [-0.2, 0) is 23.0 Å². The van der Waals surface area contributed by atoms with Crippen LogP contribution in [0.15, 0.2) is 20.9 Å². The quantitative estimate of drug-likeness (QED) is 0.630. The highest BCUT2D eigenvalue weighted by Crippen LogP contribution is 2.36. The molecule has 21 heavy (non-hydrogen) atoms. The Morgan fingerprint density at radius 3 is 2.81 bits per heavy atom. The summed E-state index contributed by atoms with van der Waals surface area (Å²) in [6, 6.07) is 0.919. The van der Waals surface area contributed by atoms with E-state index in [-0.39, 0.29) is 21.0 Å². The molecule has 0 saturated carbocycles. The number of nitro groups is 1. The van der Waals surface area contributed by atoms with Crippen LogP contribution in [0.25, 0.3) is 0 Å². The summed E-state index contributed by atoms with van der Waals surface area (Å²) in [4.78, 5) is 13.8. The SMILES string of the molecule is CCc1cnc(CNS(=O)(=O)c2cc([N+](=O)[O-])c(Cl)s2)o1. The molecule has 2 aromatic rings. The summed E-state index contributed by atoms with van der Waals surface area (Å²) >= 11 is 6.26. The monoisotopic (exact) mass is 351 g/mol. The number of halogens is 1. The van der Waals surface area contributed by atoms with Crippen molar-refractivity contribution in [3.63, 3.8) is 0 Å². The fourth-order valence-corrected chi connectivity index (χ4v) is 4.10. The number of hydrogen-bond acceptors (Lipinski definition) is 7. The number of sulfonamides is 1. The van der Waals surface area contributed by atoms with Crippen molar-refractivity contribution in [3.05, 3.63) is 38.4 Å². The molecule has 0 fully saturated rings. The van der Waals surface area contributed by atoms with E-state index in [4.69, 9.17) is 16.0 Å². The lowest BCUT2D eigenvalue weighted by Crippen LogP contribution is -2.22. The van der Waals surface area contributed by atoms with E-state index < -0.39 is 20.6 Å². The average Bonchev–Trinajstić information content (AvgIpc) is 3.02. The maximum Gasteiger partial charge on any atom is 0.300 e. The maximum atomic E-state index is 12.0. The van der Waals surface area contributed by atoms with Crippen molar-refractivity contribution in [3.8, 4) is 0 Å². The summed E-state index contributed by atoms with van der Waals surface area (Å²) in [7, 11) is -3.91. The fraction of sp³-hybridized carbons (Fsp3) is 0.300. The van der Waals surface area contributed by atoms with Gasteiger partial charge in [0.15, 0.2) is 4.34 Å². The highest BCUT2D eigenvalue weighted by atomic mass is 35.5. The second-order valence-corrected chi connectivity index (χ2v) is 7.53. The Morgan fingerprint density at radius 2 is 2.29 bits per heavy atom. The molecule has 0 unspecified atom stereocenters. The smallest absolute Gasteiger partial charge is 0.300 e. The Labute approximate surface area is 129 Å². The summed E-state index contributed by atoms with van der Waals surface area (Å²) in [5.41, 5.74) is -0.438. The van der Waals surface area contributed by atoms with Crippen LogP contribution < -0.4 is 4.72 Å². The molecule has 2 rings (SSSR count). The van der Waals surface area contributed by atoms with Gasteiger partial charge in [0.25, 0.3) is 15.7 Å². The van der Waals surface area contributed by atoms with E-state index in [1.54, 1.807) is 0 Å². The van der Waals surface area contributed by atoms with E-state index >= 15 is 0 Å². The van der Waals surface area contributed by atoms with Gasteiger partial charge in [-0.2, -0.15) is 0 Å². The summed E-state index contributed by atoms with van der Waals surface area (Å²) in [5.74, 6) is 0.853. The van der Waals surface area contributed by atoms with Crippen LogP contribution >= 0.6 is 22.9 Å². The topological polar surface area (TPSA) is 115 Å². The van der Waals surface area contributed by atoms with Crippen LogP contribution in [-0.4, -0.2) is 18.3 Å². The molecule has 0 atom stereocenters. The first-order valence-corrected chi connectivity index (χ1v) is 8.38. The van der Waals surface area contributed by atoms with Gasteiger partial charge in [0.05, 0.1) is 17.7 Å². The van der Waals surface area contributed by atoms with Crippen LogP contribution in [0.5, 0.6) is 0 Å². The van der Waals surface area contributed by atoms with E-state index in [0.29, 0.717) is 23.5 Å². The van der Waals surface area contributed by atoms with Gasteiger partial charge in [-0.05, 0) is 0 Å². The molecule has 0 aromatic carbocycles. The predicted molar refractivity (Wildman–Crippen MR) is 75.9 cm³/mol. The molecule has 0 aliphatic heterocycles. The molecule has 0 aliphatic rings. The molecule has 2 aromatic heterocycles. The van der Waals surface area contributed by atoms with Crippen LogP contribution in [0.2, 0.25) is 4.34 Å². The van der Waals surface area contributed by atoms with Gasteiger partial charge in [0, 0.05) is 12.5 Å². The van der Waals surface area contributed by atoms with Crippen molar-refractivity contribution >= 4 is 38.6 Å². The van der Waals surface area contributed by atoms with Crippen LogP contribution in [0.4, 0.5) is 5.69 Å². The van der Waals surface area contributed by atoms with Gasteiger partial charge >= 0.3 is 0 Å². The summed E-state index contributed by atoms with van der Waals surface area (Å²) in [5, 5.41) is 10.7. The first-order valence-electron chi connectivity index (χ1n) is 5.70. The predicted octanol–water partition coefficient (Wildman–Crippen LogP) is 2.34. The van der Waals surface area contributed by atoms with Crippen molar-refractivity contribution in [2.24, 2.45) is 0 Å². The van der Waals surface area contributed by atoms with Crippen LogP contribution in [0.3, 0.4) is 0 Å². The van der Waals surface area contributed by atoms with Crippen LogP contribution in [0.1, 0.15) is 18.6 Å². The summed E-state index contributed by atoms with van der Waals surface area (Å²) in [6.45, 7) is 1.73. The Balaban J connectivity index is 2.14. The highest BCUT2D eigenvalue weighted by Gasteiger charge is 2.25. The highest BCUT2D eigenvalue weighted by molar-refractivity contribution is 7.91. The molecule has 0 spiro atoms. The third kappa shape index (κ3) is 3.59. The van der Waals surface area contributed by atoms with E-state index in [2.05, 4.69) is 9.71 Å². The van der Waals surface area contributed by atoms with Gasteiger partial charge < -0.3 is 4.42 Å². The Bertz CT molecular complexity index is 768. The molecule has 0 amide bonds. The second-order valence-electron chi connectivity index (χ2n) is 3.88. The molecule has 2 heterocycles. The van der Waals surface area contributed by atoms with Crippen molar-refractivity contribution in [1.82, 2.24) is 9.71 Å². The first-order chi connectivity index (χ1) is 9.83. The number of aryl methyl sites for hydroxylation is 1. The van der Waals surface area contributed by atoms with Gasteiger partial charge in [-0.15, -0.1) is 11.3 Å². The number of hydrogen-bond donors (Lipinski definition) is 1. The molecule has 1 N–H and O–H groups in total. The summed E-state index contributed by atoms with van der Waals surface area (Å²) in [6.07, 6.45) is 2.16. The van der Waals surface area contributed by atoms with Crippen molar-refractivity contribution in [1.29, 1.82) is 0 Å². The standard InChI is InChI=1S/C10H10ClN3O5S2/c1-2-6-4-12-8(19-6)5-13-21(17,18)9-3-7(14(15)16)10(11)20-9/h3-4,13H,2,5H2,1H3. The number of rotatable bonds is 6. The van der Waals surface area contributed by atoms with Crippen molar-refractivity contribution < 1.29 is 17.8 Å². The second kappa shape index (κ2) is 6.10. The lowest BCUT2D eigenvalue weighted by atomic mass is 10.4. The minimum Gasteiger partial charge on any atom is -0.444 e. The minimum atomic E-state index is -3.91. The molecule has 0 bridgehead atoms. The van der Waals surface area contributed by atoms with Gasteiger partial charge in [-0.1, -0.05) is 18.5 Å². The van der Waals surface area contributed by atoms with Crippen molar-refractivity contribution in [2.45, 2.75) is 24.1 Å². The third-order valence-electron chi connectivity index (χ3n) is 2.47. The van der Waals surface area contributed by atoms with E-state index in [1.807, 2.05) is 6.92 Å². The van der Waals surface area contributed by atoms with E-state index in [1.165, 1.54) is 6.20 Å². The Kier molecular flexibility index (Phi) is 4.61. The molecule has 0 radical (unpaired) electrons. The summed E-state index contributed by atoms with van der Waals surface area (Å²) < 4.78 is 31.1. The number of oxazole rings is 1. The van der Waals surface area contributed by atoms with Crippen molar-refractivity contribution in [2.75, 3.05) is 0 Å². The zero-order valence-electron chi connectivity index (χ0n) is 10.7. The number of nitrogens with zero attached hydrogens (tertiary/aromatic N) is 2. The third-order valence-corrected chi connectivity index (χ3v) is 5.68. The lowest BCUT2D eigenvalue weighted by molar-refractivity contribution is -0.384. The average molecular weight is 352 g/mol. The first kappa shape index (κ1) is 15.9. The van der Waals surface area contributed by atoms with E-state index in [0.717, 1.165) is 6.07 Å². The largest absolute Gasteiger partial charge is 0.444 e. The van der Waals surface area contributed by atoms with Gasteiger partial charge in [-0.3, -0.25) is 10.1 Å². The zero-order valence-corrected chi connectivity index (χ0v) is 13.1. The molecule has 114 valence electrons. The Morgan fingerprint density at radius 1 is 1.57 bits per heavy atom. The van der Waals surface area contributed by atoms with Gasteiger partial charge in [0.1, 0.15) is 9.97 Å². The van der Waals surface area contributed by atoms with Crippen LogP contribution in [0, 0.1) is 10.1 Å². The molecular weight excluding hydrogens is 342 g/mol. The molecular formula is C10H10ClN3O5S2. The molecule has 8 nitrogen and oxygen atoms in total. The molecule has 0 saturated heterocycles. The van der Waals surface area contributed by atoms with E-state index in [9.17, 15) is 18.5 Å². The number of aromatic nitrogens is 1. The molecule has 11 heteroatoms. The zero-order chi connectivity index (χ0) is 15.6.